The Bertz CT molecular complexity index is 256. The van der Waals surface area contributed by atoms with Crippen molar-refractivity contribution in [1.29, 1.82) is 5.26 Å². The molecule has 0 saturated heterocycles. The van der Waals surface area contributed by atoms with Gasteiger partial charge in [-0.3, -0.25) is 4.79 Å². The second kappa shape index (κ2) is 3.37. The molecule has 3 atom stereocenters. The van der Waals surface area contributed by atoms with Gasteiger partial charge in [0.05, 0.1) is 6.07 Å². The number of nitrogens with zero attached hydrogens (tertiary/aromatic N) is 1. The van der Waals surface area contributed by atoms with Gasteiger partial charge in [0.25, 0.3) is 0 Å². The van der Waals surface area contributed by atoms with Crippen LogP contribution in [0.4, 0.5) is 0 Å². The Balaban J connectivity index is 2.48. The lowest BCUT2D eigenvalue weighted by atomic mass is 10.0. The van der Waals surface area contributed by atoms with Crippen molar-refractivity contribution in [1.82, 2.24) is 5.32 Å². The molecule has 0 radical (unpaired) electrons. The predicted octanol–water partition coefficient (Wildman–Crippen LogP) is 1.45. The van der Waals surface area contributed by atoms with Crippen molar-refractivity contribution in [2.75, 3.05) is 0 Å². The van der Waals surface area contributed by atoms with Crippen LogP contribution in [0.15, 0.2) is 0 Å². The quantitative estimate of drug-likeness (QED) is 0.714. The highest BCUT2D eigenvalue weighted by Gasteiger charge is 2.41. The molecule has 1 unspecified atom stereocenters. The van der Waals surface area contributed by atoms with Gasteiger partial charge in [-0.05, 0) is 25.7 Å². The molecule has 0 heterocycles. The van der Waals surface area contributed by atoms with Gasteiger partial charge >= 0.3 is 0 Å². The fourth-order valence-electron chi connectivity index (χ4n) is 1.25. The van der Waals surface area contributed by atoms with Crippen LogP contribution in [0.25, 0.3) is 0 Å². The Kier molecular flexibility index (Phi) is 2.60. The molecule has 1 amide bonds. The van der Waals surface area contributed by atoms with Gasteiger partial charge in [0.1, 0.15) is 5.54 Å². The second-order valence-electron chi connectivity index (χ2n) is 4.11. The van der Waals surface area contributed by atoms with E-state index in [1.807, 2.05) is 6.92 Å². The third-order valence-corrected chi connectivity index (χ3v) is 2.80. The molecule has 3 nitrogen and oxygen atoms in total. The van der Waals surface area contributed by atoms with Crippen molar-refractivity contribution in [3.8, 4) is 6.07 Å². The molecule has 0 spiro atoms. The zero-order valence-electron chi connectivity index (χ0n) is 8.42. The first-order chi connectivity index (χ1) is 6.02. The molecular weight excluding hydrogens is 164 g/mol. The van der Waals surface area contributed by atoms with Crippen LogP contribution in [-0.2, 0) is 4.79 Å². The smallest absolute Gasteiger partial charge is 0.224 e. The van der Waals surface area contributed by atoms with Crippen LogP contribution in [0.3, 0.4) is 0 Å². The van der Waals surface area contributed by atoms with Gasteiger partial charge in [0, 0.05) is 5.92 Å². The summed E-state index contributed by atoms with van der Waals surface area (Å²) in [5, 5.41) is 11.6. The summed E-state index contributed by atoms with van der Waals surface area (Å²) in [5.74, 6) is 0.692. The van der Waals surface area contributed by atoms with E-state index in [9.17, 15) is 4.79 Å². The zero-order valence-corrected chi connectivity index (χ0v) is 8.42. The Morgan fingerprint density at radius 3 is 2.62 bits per heavy atom. The minimum Gasteiger partial charge on any atom is -0.338 e. The van der Waals surface area contributed by atoms with Crippen molar-refractivity contribution < 1.29 is 4.79 Å². The van der Waals surface area contributed by atoms with Crippen molar-refractivity contribution in [2.24, 2.45) is 11.8 Å². The maximum absolute atomic E-state index is 11.5. The number of hydrogen-bond acceptors (Lipinski definition) is 2. The molecule has 1 saturated carbocycles. The van der Waals surface area contributed by atoms with Crippen LogP contribution in [0.1, 0.15) is 33.6 Å². The number of amides is 1. The van der Waals surface area contributed by atoms with Crippen LogP contribution in [-0.4, -0.2) is 11.4 Å². The maximum atomic E-state index is 11.5. The van der Waals surface area contributed by atoms with Crippen molar-refractivity contribution in [3.63, 3.8) is 0 Å². The molecule has 1 aliphatic carbocycles. The Morgan fingerprint density at radius 1 is 1.77 bits per heavy atom. The highest BCUT2D eigenvalue weighted by molar-refractivity contribution is 5.82. The van der Waals surface area contributed by atoms with E-state index in [1.54, 1.807) is 6.92 Å². The molecule has 1 fully saturated rings. The first-order valence-corrected chi connectivity index (χ1v) is 4.75. The van der Waals surface area contributed by atoms with E-state index >= 15 is 0 Å². The first-order valence-electron chi connectivity index (χ1n) is 4.75. The van der Waals surface area contributed by atoms with Crippen LogP contribution in [0.5, 0.6) is 0 Å². The number of nitrogens with one attached hydrogen (secondary N) is 1. The number of hydrogen-bond donors (Lipinski definition) is 1. The van der Waals surface area contributed by atoms with Gasteiger partial charge in [-0.1, -0.05) is 13.8 Å². The number of carbonyl (C=O) groups excluding carboxylic acids is 1. The molecule has 0 aromatic heterocycles. The molecule has 72 valence electrons. The molecule has 1 N–H and O–H groups in total. The Hall–Kier alpha value is -1.04. The summed E-state index contributed by atoms with van der Waals surface area (Å²) < 4.78 is 0. The third-order valence-electron chi connectivity index (χ3n) is 2.80. The lowest BCUT2D eigenvalue weighted by Gasteiger charge is -2.21. The summed E-state index contributed by atoms with van der Waals surface area (Å²) in [7, 11) is 0. The summed E-state index contributed by atoms with van der Waals surface area (Å²) in [6.07, 6.45) is 1.62. The van der Waals surface area contributed by atoms with Gasteiger partial charge in [-0.2, -0.15) is 5.26 Å². The lowest BCUT2D eigenvalue weighted by molar-refractivity contribution is -0.123. The van der Waals surface area contributed by atoms with Crippen molar-refractivity contribution >= 4 is 5.91 Å². The molecule has 0 aliphatic heterocycles. The summed E-state index contributed by atoms with van der Waals surface area (Å²) in [6.45, 7) is 5.72. The van der Waals surface area contributed by atoms with Crippen LogP contribution >= 0.6 is 0 Å². The third kappa shape index (κ3) is 2.21. The molecule has 1 rings (SSSR count). The van der Waals surface area contributed by atoms with Crippen molar-refractivity contribution in [2.45, 2.75) is 39.2 Å². The molecule has 13 heavy (non-hydrogen) atoms. The van der Waals surface area contributed by atoms with E-state index < -0.39 is 5.54 Å². The van der Waals surface area contributed by atoms with E-state index in [2.05, 4.69) is 18.3 Å². The minimum absolute atomic E-state index is 0.0402. The van der Waals surface area contributed by atoms with Gasteiger partial charge < -0.3 is 5.32 Å². The summed E-state index contributed by atoms with van der Waals surface area (Å²) in [6, 6.07) is 2.12. The molecule has 0 aromatic carbocycles. The van der Waals surface area contributed by atoms with E-state index in [0.29, 0.717) is 12.3 Å². The van der Waals surface area contributed by atoms with E-state index in [-0.39, 0.29) is 11.8 Å². The van der Waals surface area contributed by atoms with Gasteiger partial charge in [0.15, 0.2) is 0 Å². The SMILES string of the molecule is CCC(C)(C#N)NC(=O)[C@H]1C[C@@H]1C. The van der Waals surface area contributed by atoms with E-state index in [0.717, 1.165) is 6.42 Å². The fraction of sp³-hybridized carbons (Fsp3) is 0.800. The van der Waals surface area contributed by atoms with Gasteiger partial charge in [-0.25, -0.2) is 0 Å². The largest absolute Gasteiger partial charge is 0.338 e. The number of carbonyl (C=O) groups is 1. The summed E-state index contributed by atoms with van der Waals surface area (Å²) in [5.41, 5.74) is -0.681. The van der Waals surface area contributed by atoms with Crippen LogP contribution < -0.4 is 5.32 Å². The van der Waals surface area contributed by atoms with Crippen LogP contribution in [0, 0.1) is 23.2 Å². The standard InChI is InChI=1S/C10H16N2O/c1-4-10(3,6-11)12-9(13)8-5-7(8)2/h7-8H,4-5H2,1-3H3,(H,12,13)/t7-,8-,10?/m0/s1. The average molecular weight is 180 g/mol. The average Bonchev–Trinajstić information content (AvgIpc) is 2.82. The lowest BCUT2D eigenvalue weighted by Crippen LogP contribution is -2.45. The van der Waals surface area contributed by atoms with Crippen LogP contribution in [0.2, 0.25) is 0 Å². The number of rotatable bonds is 3. The van der Waals surface area contributed by atoms with E-state index in [1.165, 1.54) is 0 Å². The minimum atomic E-state index is -0.681. The molecule has 1 aliphatic rings. The van der Waals surface area contributed by atoms with Gasteiger partial charge in [-0.15, -0.1) is 0 Å². The predicted molar refractivity (Wildman–Crippen MR) is 49.7 cm³/mol. The van der Waals surface area contributed by atoms with Gasteiger partial charge in [0.2, 0.25) is 5.91 Å². The molecule has 0 aromatic rings. The fourth-order valence-corrected chi connectivity index (χ4v) is 1.25. The second-order valence-corrected chi connectivity index (χ2v) is 4.11. The first kappa shape index (κ1) is 10.0. The maximum Gasteiger partial charge on any atom is 0.224 e. The topological polar surface area (TPSA) is 52.9 Å². The van der Waals surface area contributed by atoms with E-state index in [4.69, 9.17) is 5.26 Å². The monoisotopic (exact) mass is 180 g/mol. The normalized spacial score (nSPS) is 30.0. The highest BCUT2D eigenvalue weighted by atomic mass is 16.2. The Morgan fingerprint density at radius 2 is 2.31 bits per heavy atom. The Labute approximate surface area is 79.1 Å². The number of nitriles is 1. The summed E-state index contributed by atoms with van der Waals surface area (Å²) >= 11 is 0. The molecule has 3 heteroatoms. The zero-order chi connectivity index (χ0) is 10.1. The summed E-state index contributed by atoms with van der Waals surface area (Å²) in [4.78, 5) is 11.5. The van der Waals surface area contributed by atoms with Crippen molar-refractivity contribution in [3.05, 3.63) is 0 Å². The molecular formula is C10H16N2O. The molecule has 0 bridgehead atoms. The highest BCUT2D eigenvalue weighted by Crippen LogP contribution is 2.38.